The first-order valence-corrected chi connectivity index (χ1v) is 10.8. The Balaban J connectivity index is 0.000000363. The van der Waals surface area contributed by atoms with Gasteiger partial charge in [-0.05, 0) is 55.9 Å². The molecule has 0 unspecified atom stereocenters. The van der Waals surface area contributed by atoms with Gasteiger partial charge in [0.1, 0.15) is 11.5 Å². The van der Waals surface area contributed by atoms with E-state index < -0.39 is 0 Å². The number of aromatic nitrogens is 3. The summed E-state index contributed by atoms with van der Waals surface area (Å²) in [5.41, 5.74) is 6.98. The monoisotopic (exact) mass is 470 g/mol. The lowest BCUT2D eigenvalue weighted by Gasteiger charge is -2.09. The van der Waals surface area contributed by atoms with Crippen LogP contribution in [0.5, 0.6) is 0 Å². The Morgan fingerprint density at radius 3 is 2.31 bits per heavy atom. The number of nitrogens with zero attached hydrogens (tertiary/aromatic N) is 4. The number of aryl methyl sites for hydroxylation is 1. The normalized spacial score (nSPS) is 11.2. The van der Waals surface area contributed by atoms with Crippen LogP contribution in [0.15, 0.2) is 77.6 Å². The largest absolute Gasteiger partial charge is 0.332 e. The highest BCUT2D eigenvalue weighted by atomic mass is 19.1. The van der Waals surface area contributed by atoms with Crippen molar-refractivity contribution in [1.29, 1.82) is 0 Å². The highest BCUT2D eigenvalue weighted by Crippen LogP contribution is 2.24. The van der Waals surface area contributed by atoms with Crippen molar-refractivity contribution in [1.82, 2.24) is 25.5 Å². The Bertz CT molecular complexity index is 1290. The first kappa shape index (κ1) is 25.3. The molecule has 0 spiro atoms. The predicted molar refractivity (Wildman–Crippen MR) is 135 cm³/mol. The molecule has 0 aliphatic heterocycles. The molecular weight excluding hydrogens is 443 g/mol. The fourth-order valence-corrected chi connectivity index (χ4v) is 3.18. The second-order valence-electron chi connectivity index (χ2n) is 7.88. The van der Waals surface area contributed by atoms with Crippen molar-refractivity contribution in [2.45, 2.75) is 13.5 Å². The SMILES string of the molecule is C#C/C(=C(\NN)c1nc(-c2ccc(CN(C)C)cc2)no1)c1ccncc1.Cc1ccccc1F. The third-order valence-electron chi connectivity index (χ3n) is 4.94. The van der Waals surface area contributed by atoms with Gasteiger partial charge in [0.2, 0.25) is 5.82 Å². The van der Waals surface area contributed by atoms with E-state index in [1.807, 2.05) is 44.4 Å². The average molecular weight is 471 g/mol. The van der Waals surface area contributed by atoms with Gasteiger partial charge in [-0.2, -0.15) is 4.98 Å². The molecule has 0 saturated carbocycles. The summed E-state index contributed by atoms with van der Waals surface area (Å²) in [5, 5.41) is 4.05. The second-order valence-corrected chi connectivity index (χ2v) is 7.88. The Morgan fingerprint density at radius 2 is 1.77 bits per heavy atom. The third-order valence-corrected chi connectivity index (χ3v) is 4.94. The standard InChI is InChI=1S/C20H20N6O.C7H7F/c1-4-17(15-9-11-22-12-10-15)18(24-21)20-23-19(25-27-20)16-7-5-14(6-8-16)13-26(2)3;1-6-4-2-3-5-7(6)8/h1,5-12,24H,13,21H2,2-3H3;2-5H,1H3/b18-17+;. The van der Waals surface area contributed by atoms with Crippen molar-refractivity contribution >= 4 is 11.3 Å². The first-order chi connectivity index (χ1) is 16.9. The van der Waals surface area contributed by atoms with Gasteiger partial charge < -0.3 is 14.8 Å². The molecule has 0 bridgehead atoms. The summed E-state index contributed by atoms with van der Waals surface area (Å²) in [6, 6.07) is 18.3. The Morgan fingerprint density at radius 1 is 1.09 bits per heavy atom. The number of pyridine rings is 1. The van der Waals surface area contributed by atoms with Crippen LogP contribution in [-0.4, -0.2) is 34.1 Å². The number of rotatable bonds is 6. The van der Waals surface area contributed by atoms with E-state index in [4.69, 9.17) is 16.8 Å². The van der Waals surface area contributed by atoms with Gasteiger partial charge in [-0.25, -0.2) is 4.39 Å². The van der Waals surface area contributed by atoms with E-state index in [1.165, 1.54) is 11.6 Å². The molecular formula is C27H27FN6O. The maximum atomic E-state index is 12.3. The van der Waals surface area contributed by atoms with Crippen LogP contribution in [0.2, 0.25) is 0 Å². The Kier molecular flexibility index (Phi) is 8.84. The summed E-state index contributed by atoms with van der Waals surface area (Å²) in [4.78, 5) is 10.5. The maximum Gasteiger partial charge on any atom is 0.276 e. The quantitative estimate of drug-likeness (QED) is 0.247. The predicted octanol–water partition coefficient (Wildman–Crippen LogP) is 4.29. The smallest absolute Gasteiger partial charge is 0.276 e. The van der Waals surface area contributed by atoms with Crippen molar-refractivity contribution in [2.75, 3.05) is 14.1 Å². The van der Waals surface area contributed by atoms with Crippen molar-refractivity contribution in [3.05, 3.63) is 101 Å². The molecule has 7 nitrogen and oxygen atoms in total. The van der Waals surface area contributed by atoms with Crippen LogP contribution >= 0.6 is 0 Å². The fraction of sp³-hybridized carbons (Fsp3) is 0.148. The lowest BCUT2D eigenvalue weighted by atomic mass is 10.1. The van der Waals surface area contributed by atoms with Crippen LogP contribution in [0.1, 0.15) is 22.6 Å². The summed E-state index contributed by atoms with van der Waals surface area (Å²) in [7, 11) is 4.05. The van der Waals surface area contributed by atoms with Crippen molar-refractivity contribution in [3.8, 4) is 23.7 Å². The Labute approximate surface area is 204 Å². The molecule has 178 valence electrons. The van der Waals surface area contributed by atoms with Crippen LogP contribution in [0.3, 0.4) is 0 Å². The first-order valence-electron chi connectivity index (χ1n) is 10.8. The zero-order chi connectivity index (χ0) is 25.2. The number of hydrogen-bond donors (Lipinski definition) is 2. The molecule has 3 N–H and O–H groups in total. The van der Waals surface area contributed by atoms with Gasteiger partial charge in [0.25, 0.3) is 5.89 Å². The molecule has 0 saturated heterocycles. The van der Waals surface area contributed by atoms with Gasteiger partial charge in [0.05, 0.1) is 5.57 Å². The summed E-state index contributed by atoms with van der Waals surface area (Å²) in [6.07, 6.45) is 8.97. The number of hydrogen-bond acceptors (Lipinski definition) is 7. The maximum absolute atomic E-state index is 12.3. The lowest BCUT2D eigenvalue weighted by molar-refractivity contribution is 0.402. The number of hydrazine groups is 1. The van der Waals surface area contributed by atoms with E-state index in [2.05, 4.69) is 31.4 Å². The molecule has 0 atom stereocenters. The number of allylic oxidation sites excluding steroid dienone is 1. The van der Waals surface area contributed by atoms with E-state index in [-0.39, 0.29) is 11.7 Å². The zero-order valence-electron chi connectivity index (χ0n) is 19.9. The minimum Gasteiger partial charge on any atom is -0.332 e. The Hall–Kier alpha value is -4.32. The molecule has 0 aliphatic carbocycles. The number of benzene rings is 2. The van der Waals surface area contributed by atoms with Crippen LogP contribution in [0.4, 0.5) is 4.39 Å². The molecule has 4 rings (SSSR count). The molecule has 0 aliphatic rings. The minimum absolute atomic E-state index is 0.132. The van der Waals surface area contributed by atoms with Gasteiger partial charge in [-0.15, -0.1) is 6.42 Å². The average Bonchev–Trinajstić information content (AvgIpc) is 3.35. The fourth-order valence-electron chi connectivity index (χ4n) is 3.18. The van der Waals surface area contributed by atoms with E-state index >= 15 is 0 Å². The van der Waals surface area contributed by atoms with Crippen molar-refractivity contribution < 1.29 is 8.91 Å². The highest BCUT2D eigenvalue weighted by molar-refractivity contribution is 5.95. The van der Waals surface area contributed by atoms with Crippen molar-refractivity contribution in [2.24, 2.45) is 5.84 Å². The molecule has 2 aromatic carbocycles. The number of nitrogens with one attached hydrogen (secondary N) is 1. The third kappa shape index (κ3) is 6.84. The molecule has 0 amide bonds. The summed E-state index contributed by atoms with van der Waals surface area (Å²) in [5.74, 6) is 8.84. The molecule has 35 heavy (non-hydrogen) atoms. The highest BCUT2D eigenvalue weighted by Gasteiger charge is 2.17. The second kappa shape index (κ2) is 12.2. The molecule has 8 heteroatoms. The molecule has 0 radical (unpaired) electrons. The van der Waals surface area contributed by atoms with Crippen LogP contribution < -0.4 is 11.3 Å². The zero-order valence-corrected chi connectivity index (χ0v) is 19.9. The molecule has 2 aromatic heterocycles. The number of halogens is 1. The van der Waals surface area contributed by atoms with E-state index in [0.717, 1.165) is 17.7 Å². The van der Waals surface area contributed by atoms with E-state index in [0.29, 0.717) is 22.7 Å². The van der Waals surface area contributed by atoms with Crippen molar-refractivity contribution in [3.63, 3.8) is 0 Å². The topological polar surface area (TPSA) is 93.1 Å². The molecule has 4 aromatic rings. The summed E-state index contributed by atoms with van der Waals surface area (Å²) in [6.45, 7) is 2.61. The van der Waals surface area contributed by atoms with Gasteiger partial charge in [-0.1, -0.05) is 53.5 Å². The van der Waals surface area contributed by atoms with E-state index in [1.54, 1.807) is 43.6 Å². The van der Waals surface area contributed by atoms with Gasteiger partial charge >= 0.3 is 0 Å². The van der Waals surface area contributed by atoms with Crippen LogP contribution in [0.25, 0.3) is 22.7 Å². The van der Waals surface area contributed by atoms with E-state index in [9.17, 15) is 4.39 Å². The van der Waals surface area contributed by atoms with Gasteiger partial charge in [-0.3, -0.25) is 10.8 Å². The summed E-state index contributed by atoms with van der Waals surface area (Å²) >= 11 is 0. The minimum atomic E-state index is -0.132. The molecule has 2 heterocycles. The van der Waals surface area contributed by atoms with Crippen LogP contribution in [-0.2, 0) is 6.54 Å². The summed E-state index contributed by atoms with van der Waals surface area (Å²) < 4.78 is 17.7. The molecule has 0 fully saturated rings. The number of nitrogens with two attached hydrogens (primary N) is 1. The lowest BCUT2D eigenvalue weighted by Crippen LogP contribution is -2.21. The number of terminal acetylenes is 1. The van der Waals surface area contributed by atoms with Crippen LogP contribution in [0, 0.1) is 25.1 Å². The van der Waals surface area contributed by atoms with Gasteiger partial charge in [0, 0.05) is 24.5 Å². The van der Waals surface area contributed by atoms with Gasteiger partial charge in [0.15, 0.2) is 0 Å².